The van der Waals surface area contributed by atoms with Crippen LogP contribution in [0, 0.1) is 11.8 Å². The normalized spacial score (nSPS) is 40.2. The number of anilines is 1. The molecule has 0 aromatic heterocycles. The molecule has 4 N–H and O–H groups in total. The highest BCUT2D eigenvalue weighted by Gasteiger charge is 2.57. The average Bonchev–Trinajstić information content (AvgIpc) is 2.35. The molecule has 4 heteroatoms. The van der Waals surface area contributed by atoms with Crippen molar-refractivity contribution in [2.45, 2.75) is 49.7 Å². The zero-order chi connectivity index (χ0) is 14.7. The number of carbonyl (C=O) groups is 1. The molecule has 4 atom stereocenters. The van der Waals surface area contributed by atoms with E-state index < -0.39 is 5.60 Å². The number of hydrogen-bond acceptors (Lipinski definition) is 3. The van der Waals surface area contributed by atoms with E-state index in [0.29, 0.717) is 29.5 Å². The van der Waals surface area contributed by atoms with Gasteiger partial charge in [-0.2, -0.15) is 0 Å². The Morgan fingerprint density at radius 2 is 1.86 bits per heavy atom. The van der Waals surface area contributed by atoms with Crippen LogP contribution in [0.5, 0.6) is 0 Å². The molecular weight excluding hydrogens is 264 g/mol. The second-order valence-corrected chi connectivity index (χ2v) is 7.51. The molecule has 4 saturated carbocycles. The van der Waals surface area contributed by atoms with Crippen molar-refractivity contribution >= 4 is 11.6 Å². The molecule has 1 amide bonds. The molecule has 1 aromatic rings. The average molecular weight is 286 g/mol. The Morgan fingerprint density at radius 3 is 2.48 bits per heavy atom. The first-order valence-corrected chi connectivity index (χ1v) is 7.86. The molecule has 1 aromatic carbocycles. The third kappa shape index (κ3) is 2.13. The van der Waals surface area contributed by atoms with E-state index in [1.807, 2.05) is 12.1 Å². The Hall–Kier alpha value is -1.55. The molecule has 4 aliphatic rings. The monoisotopic (exact) mass is 286 g/mol. The number of hydrogen-bond donors (Lipinski definition) is 3. The van der Waals surface area contributed by atoms with Gasteiger partial charge in [-0.1, -0.05) is 12.1 Å². The molecule has 112 valence electrons. The molecule has 0 radical (unpaired) electrons. The molecule has 4 fully saturated rings. The highest BCUT2D eigenvalue weighted by molar-refractivity contribution is 5.99. The lowest BCUT2D eigenvalue weighted by molar-refractivity contribution is -0.139. The fraction of sp³-hybridized carbons (Fsp3) is 0.588. The quantitative estimate of drug-likeness (QED) is 0.729. The Labute approximate surface area is 124 Å². The highest BCUT2D eigenvalue weighted by Crippen LogP contribution is 2.57. The summed E-state index contributed by atoms with van der Waals surface area (Å²) in [4.78, 5) is 12.6. The molecule has 21 heavy (non-hydrogen) atoms. The van der Waals surface area contributed by atoms with Crippen LogP contribution in [0.15, 0.2) is 24.3 Å². The van der Waals surface area contributed by atoms with Crippen LogP contribution in [-0.2, 0) is 0 Å². The SMILES string of the molecule is Nc1ccccc1C(=O)NC12C[C@@H]3C[C@@H](CC(O)(C3)C1)C2. The van der Waals surface area contributed by atoms with Gasteiger partial charge in [0.2, 0.25) is 0 Å². The lowest BCUT2D eigenvalue weighted by atomic mass is 9.51. The summed E-state index contributed by atoms with van der Waals surface area (Å²) < 4.78 is 0. The Morgan fingerprint density at radius 1 is 1.19 bits per heavy atom. The van der Waals surface area contributed by atoms with Crippen LogP contribution in [0.4, 0.5) is 5.69 Å². The number of para-hydroxylation sites is 1. The summed E-state index contributed by atoms with van der Waals surface area (Å²) in [6.45, 7) is 0. The largest absolute Gasteiger partial charge is 0.398 e. The maximum Gasteiger partial charge on any atom is 0.253 e. The third-order valence-electron chi connectivity index (χ3n) is 5.61. The van der Waals surface area contributed by atoms with E-state index in [2.05, 4.69) is 5.32 Å². The summed E-state index contributed by atoms with van der Waals surface area (Å²) in [6, 6.07) is 7.18. The molecule has 2 unspecified atom stereocenters. The van der Waals surface area contributed by atoms with Gasteiger partial charge in [0.05, 0.1) is 11.2 Å². The number of nitrogens with two attached hydrogens (primary N) is 1. The lowest BCUT2D eigenvalue weighted by Gasteiger charge is -2.60. The van der Waals surface area contributed by atoms with Crippen LogP contribution in [-0.4, -0.2) is 22.2 Å². The van der Waals surface area contributed by atoms with Gasteiger partial charge in [0.15, 0.2) is 0 Å². The van der Waals surface area contributed by atoms with Gasteiger partial charge < -0.3 is 16.2 Å². The van der Waals surface area contributed by atoms with Crippen molar-refractivity contribution in [3.8, 4) is 0 Å². The van der Waals surface area contributed by atoms with Gasteiger partial charge >= 0.3 is 0 Å². The van der Waals surface area contributed by atoms with Gasteiger partial charge in [-0.3, -0.25) is 4.79 Å². The number of aliphatic hydroxyl groups is 1. The van der Waals surface area contributed by atoms with Crippen molar-refractivity contribution in [3.63, 3.8) is 0 Å². The predicted molar refractivity (Wildman–Crippen MR) is 80.7 cm³/mol. The van der Waals surface area contributed by atoms with Crippen LogP contribution < -0.4 is 11.1 Å². The molecule has 0 spiro atoms. The molecular formula is C17H22N2O2. The van der Waals surface area contributed by atoms with Gasteiger partial charge in [0.25, 0.3) is 5.91 Å². The van der Waals surface area contributed by atoms with Crippen molar-refractivity contribution in [2.75, 3.05) is 5.73 Å². The first-order valence-electron chi connectivity index (χ1n) is 7.86. The molecule has 4 bridgehead atoms. The van der Waals surface area contributed by atoms with E-state index in [1.165, 1.54) is 6.42 Å². The van der Waals surface area contributed by atoms with Crippen LogP contribution in [0.1, 0.15) is 48.9 Å². The summed E-state index contributed by atoms with van der Waals surface area (Å²) in [5.74, 6) is 1.02. The van der Waals surface area contributed by atoms with E-state index in [1.54, 1.807) is 12.1 Å². The van der Waals surface area contributed by atoms with E-state index in [-0.39, 0.29) is 11.4 Å². The smallest absolute Gasteiger partial charge is 0.253 e. The van der Waals surface area contributed by atoms with Crippen LogP contribution in [0.2, 0.25) is 0 Å². The van der Waals surface area contributed by atoms with Gasteiger partial charge in [0.1, 0.15) is 0 Å². The zero-order valence-electron chi connectivity index (χ0n) is 12.1. The second kappa shape index (κ2) is 4.23. The van der Waals surface area contributed by atoms with Gasteiger partial charge in [0, 0.05) is 11.2 Å². The molecule has 4 nitrogen and oxygen atoms in total. The van der Waals surface area contributed by atoms with E-state index in [9.17, 15) is 9.90 Å². The first-order chi connectivity index (χ1) is 9.97. The number of rotatable bonds is 2. The maximum atomic E-state index is 12.6. The summed E-state index contributed by atoms with van der Waals surface area (Å²) in [5, 5.41) is 14.0. The summed E-state index contributed by atoms with van der Waals surface area (Å²) in [6.07, 6.45) is 5.75. The predicted octanol–water partition coefficient (Wildman–Crippen LogP) is 2.08. The van der Waals surface area contributed by atoms with E-state index in [0.717, 1.165) is 25.7 Å². The third-order valence-corrected chi connectivity index (χ3v) is 5.61. The molecule has 0 heterocycles. The van der Waals surface area contributed by atoms with Gasteiger partial charge in [-0.15, -0.1) is 0 Å². The topological polar surface area (TPSA) is 75.4 Å². The lowest BCUT2D eigenvalue weighted by Crippen LogP contribution is -2.65. The van der Waals surface area contributed by atoms with E-state index in [4.69, 9.17) is 5.73 Å². The molecule has 4 aliphatic carbocycles. The van der Waals surface area contributed by atoms with Crippen LogP contribution in [0.25, 0.3) is 0 Å². The Kier molecular flexibility index (Phi) is 2.65. The number of benzene rings is 1. The van der Waals surface area contributed by atoms with Crippen molar-refractivity contribution in [1.82, 2.24) is 5.32 Å². The van der Waals surface area contributed by atoms with Gasteiger partial charge in [-0.05, 0) is 62.5 Å². The molecule has 0 aliphatic heterocycles. The molecule has 5 rings (SSSR count). The van der Waals surface area contributed by atoms with Crippen molar-refractivity contribution in [3.05, 3.63) is 29.8 Å². The number of carbonyl (C=O) groups excluding carboxylic acids is 1. The fourth-order valence-corrected chi connectivity index (χ4v) is 5.37. The minimum atomic E-state index is -0.556. The minimum Gasteiger partial charge on any atom is -0.398 e. The summed E-state index contributed by atoms with van der Waals surface area (Å²) >= 11 is 0. The first kappa shape index (κ1) is 13.1. The molecule has 0 saturated heterocycles. The van der Waals surface area contributed by atoms with Crippen molar-refractivity contribution < 1.29 is 9.90 Å². The zero-order valence-corrected chi connectivity index (χ0v) is 12.1. The Balaban J connectivity index is 1.60. The van der Waals surface area contributed by atoms with Gasteiger partial charge in [-0.25, -0.2) is 0 Å². The van der Waals surface area contributed by atoms with E-state index >= 15 is 0 Å². The van der Waals surface area contributed by atoms with Crippen LogP contribution >= 0.6 is 0 Å². The van der Waals surface area contributed by atoms with Crippen molar-refractivity contribution in [2.24, 2.45) is 11.8 Å². The minimum absolute atomic E-state index is 0.0985. The summed E-state index contributed by atoms with van der Waals surface area (Å²) in [5.41, 5.74) is 6.18. The second-order valence-electron chi connectivity index (χ2n) is 7.51. The number of amides is 1. The van der Waals surface area contributed by atoms with Crippen molar-refractivity contribution in [1.29, 1.82) is 0 Å². The fourth-order valence-electron chi connectivity index (χ4n) is 5.37. The summed E-state index contributed by atoms with van der Waals surface area (Å²) in [7, 11) is 0. The Bertz CT molecular complexity index is 584. The number of nitrogen functional groups attached to an aromatic ring is 1. The van der Waals surface area contributed by atoms with Crippen LogP contribution in [0.3, 0.4) is 0 Å². The maximum absolute atomic E-state index is 12.6. The highest BCUT2D eigenvalue weighted by atomic mass is 16.3. The standard InChI is InChI=1S/C17H22N2O2/c18-14-4-2-1-3-13(14)15(20)19-16-6-11-5-12(7-16)9-17(21,8-11)10-16/h1-4,11-12,21H,5-10,18H2,(H,19,20)/t11-,12+,16?,17?. The number of nitrogens with one attached hydrogen (secondary N) is 1.